The third kappa shape index (κ3) is 4.05. The molecular formula is C20H23NO6. The summed E-state index contributed by atoms with van der Waals surface area (Å²) in [7, 11) is 1.57. The number of benzene rings is 2. The number of hydrogen-bond donors (Lipinski definition) is 3. The van der Waals surface area contributed by atoms with E-state index in [0.717, 1.165) is 5.56 Å². The van der Waals surface area contributed by atoms with Gasteiger partial charge in [0.15, 0.2) is 0 Å². The van der Waals surface area contributed by atoms with E-state index in [1.165, 1.54) is 0 Å². The van der Waals surface area contributed by atoms with E-state index in [1.54, 1.807) is 24.3 Å². The molecule has 7 nitrogen and oxygen atoms in total. The van der Waals surface area contributed by atoms with Crippen LogP contribution >= 0.6 is 0 Å². The molecule has 1 fully saturated rings. The van der Waals surface area contributed by atoms with Gasteiger partial charge >= 0.3 is 5.97 Å². The smallest absolute Gasteiger partial charge is 0.311 e. The molecule has 4 atom stereocenters. The SMILES string of the molecule is COc1ccc([C@H]2[C@@H](C(=O)O)[C@@H](C[C@H](O)CO)ON2c2ccccc2)cc1. The summed E-state index contributed by atoms with van der Waals surface area (Å²) in [5.41, 5.74) is 1.47. The van der Waals surface area contributed by atoms with Crippen LogP contribution in [-0.4, -0.2) is 47.2 Å². The van der Waals surface area contributed by atoms with Crippen LogP contribution in [0.1, 0.15) is 18.0 Å². The van der Waals surface area contributed by atoms with Crippen molar-refractivity contribution in [1.82, 2.24) is 0 Å². The molecule has 27 heavy (non-hydrogen) atoms. The van der Waals surface area contributed by atoms with Crippen LogP contribution in [0.2, 0.25) is 0 Å². The average Bonchev–Trinajstić information content (AvgIpc) is 3.08. The van der Waals surface area contributed by atoms with Crippen molar-refractivity contribution < 1.29 is 29.7 Å². The average molecular weight is 373 g/mol. The number of aliphatic hydroxyl groups is 2. The lowest BCUT2D eigenvalue weighted by Gasteiger charge is -2.26. The first-order valence-corrected chi connectivity index (χ1v) is 8.72. The van der Waals surface area contributed by atoms with E-state index < -0.39 is 36.7 Å². The zero-order valence-corrected chi connectivity index (χ0v) is 14.9. The quantitative estimate of drug-likeness (QED) is 0.683. The normalized spacial score (nSPS) is 23.2. The van der Waals surface area contributed by atoms with Crippen molar-refractivity contribution in [2.24, 2.45) is 5.92 Å². The zero-order chi connectivity index (χ0) is 19.4. The van der Waals surface area contributed by atoms with Crippen LogP contribution in [0.3, 0.4) is 0 Å². The number of carboxylic acids is 1. The number of aliphatic hydroxyl groups excluding tert-OH is 2. The molecule has 1 saturated heterocycles. The van der Waals surface area contributed by atoms with Gasteiger partial charge in [0.1, 0.15) is 17.8 Å². The van der Waals surface area contributed by atoms with Crippen molar-refractivity contribution in [3.8, 4) is 5.75 Å². The second-order valence-corrected chi connectivity index (χ2v) is 6.46. The molecule has 0 aromatic heterocycles. The van der Waals surface area contributed by atoms with Gasteiger partial charge in [-0.1, -0.05) is 30.3 Å². The Hall–Kier alpha value is -2.61. The van der Waals surface area contributed by atoms with E-state index in [1.807, 2.05) is 42.5 Å². The van der Waals surface area contributed by atoms with Crippen LogP contribution in [0.15, 0.2) is 54.6 Å². The molecular weight excluding hydrogens is 350 g/mol. The third-order valence-electron chi connectivity index (χ3n) is 4.71. The highest BCUT2D eigenvalue weighted by molar-refractivity contribution is 5.74. The van der Waals surface area contributed by atoms with Crippen LogP contribution in [0.4, 0.5) is 5.69 Å². The van der Waals surface area contributed by atoms with Gasteiger partial charge in [-0.25, -0.2) is 5.06 Å². The summed E-state index contributed by atoms with van der Waals surface area (Å²) < 4.78 is 5.18. The Morgan fingerprint density at radius 1 is 1.19 bits per heavy atom. The zero-order valence-electron chi connectivity index (χ0n) is 14.9. The second kappa shape index (κ2) is 8.39. The highest BCUT2D eigenvalue weighted by Crippen LogP contribution is 2.44. The van der Waals surface area contributed by atoms with Gasteiger partial charge < -0.3 is 20.1 Å². The molecule has 144 valence electrons. The van der Waals surface area contributed by atoms with Gasteiger partial charge in [0.25, 0.3) is 0 Å². The number of hydrogen-bond acceptors (Lipinski definition) is 6. The second-order valence-electron chi connectivity index (χ2n) is 6.46. The number of carboxylic acid groups (broad SMARTS) is 1. The number of ether oxygens (including phenoxy) is 1. The van der Waals surface area contributed by atoms with Crippen molar-refractivity contribution in [2.75, 3.05) is 18.8 Å². The molecule has 1 aliphatic heterocycles. The van der Waals surface area contributed by atoms with Crippen molar-refractivity contribution in [1.29, 1.82) is 0 Å². The lowest BCUT2D eigenvalue weighted by Crippen LogP contribution is -2.32. The van der Waals surface area contributed by atoms with Gasteiger partial charge in [-0.2, -0.15) is 0 Å². The van der Waals surface area contributed by atoms with Gasteiger partial charge in [0.2, 0.25) is 0 Å². The third-order valence-corrected chi connectivity index (χ3v) is 4.71. The van der Waals surface area contributed by atoms with Crippen molar-refractivity contribution in [3.63, 3.8) is 0 Å². The van der Waals surface area contributed by atoms with Crippen LogP contribution < -0.4 is 9.80 Å². The molecule has 0 bridgehead atoms. The molecule has 3 N–H and O–H groups in total. The van der Waals surface area contributed by atoms with Crippen molar-refractivity contribution in [2.45, 2.75) is 24.7 Å². The number of para-hydroxylation sites is 1. The summed E-state index contributed by atoms with van der Waals surface area (Å²) in [6.07, 6.45) is -1.82. The predicted octanol–water partition coefficient (Wildman–Crippen LogP) is 2.00. The minimum Gasteiger partial charge on any atom is -0.497 e. The lowest BCUT2D eigenvalue weighted by molar-refractivity contribution is -0.144. The number of hydroxylamine groups is 1. The Balaban J connectivity index is 2.02. The number of nitrogens with zero attached hydrogens (tertiary/aromatic N) is 1. The lowest BCUT2D eigenvalue weighted by atomic mass is 9.87. The van der Waals surface area contributed by atoms with E-state index >= 15 is 0 Å². The van der Waals surface area contributed by atoms with Crippen molar-refractivity contribution >= 4 is 11.7 Å². The van der Waals surface area contributed by atoms with Crippen molar-refractivity contribution in [3.05, 3.63) is 60.2 Å². The summed E-state index contributed by atoms with van der Waals surface area (Å²) in [6, 6.07) is 15.8. The number of anilines is 1. The van der Waals surface area contributed by atoms with Crippen LogP contribution in [0.5, 0.6) is 5.75 Å². The number of aliphatic carboxylic acids is 1. The number of carbonyl (C=O) groups is 1. The van der Waals surface area contributed by atoms with E-state index in [9.17, 15) is 15.0 Å². The molecule has 0 amide bonds. The van der Waals surface area contributed by atoms with Gasteiger partial charge in [-0.3, -0.25) is 9.63 Å². The van der Waals surface area contributed by atoms with E-state index in [2.05, 4.69) is 0 Å². The highest BCUT2D eigenvalue weighted by atomic mass is 16.7. The summed E-state index contributed by atoms with van der Waals surface area (Å²) in [5.74, 6) is -1.27. The van der Waals surface area contributed by atoms with Crippen LogP contribution in [-0.2, 0) is 9.63 Å². The highest BCUT2D eigenvalue weighted by Gasteiger charge is 2.49. The maximum atomic E-state index is 12.1. The van der Waals surface area contributed by atoms with E-state index in [-0.39, 0.29) is 6.42 Å². The molecule has 2 aromatic rings. The van der Waals surface area contributed by atoms with Gasteiger partial charge in [0, 0.05) is 6.42 Å². The Bertz CT molecular complexity index is 751. The standard InChI is InChI=1S/C20H23NO6/c1-26-16-9-7-13(8-10-16)19-18(20(24)25)17(11-15(23)12-22)27-21(19)14-5-3-2-4-6-14/h2-10,15,17-19,22-23H,11-12H2,1H3,(H,24,25)/t15-,17+,18-,19-/m0/s1. The largest absolute Gasteiger partial charge is 0.497 e. The molecule has 7 heteroatoms. The van der Waals surface area contributed by atoms with Gasteiger partial charge in [-0.15, -0.1) is 0 Å². The molecule has 0 saturated carbocycles. The predicted molar refractivity (Wildman–Crippen MR) is 98.4 cm³/mol. The maximum absolute atomic E-state index is 12.1. The summed E-state index contributed by atoms with van der Waals surface area (Å²) in [5, 5.41) is 30.5. The first-order chi connectivity index (χ1) is 13.0. The topological polar surface area (TPSA) is 99.5 Å². The first-order valence-electron chi connectivity index (χ1n) is 8.72. The van der Waals surface area contributed by atoms with Crippen LogP contribution in [0.25, 0.3) is 0 Å². The Morgan fingerprint density at radius 2 is 1.85 bits per heavy atom. The molecule has 0 radical (unpaired) electrons. The molecule has 0 aliphatic carbocycles. The fraction of sp³-hybridized carbons (Fsp3) is 0.350. The summed E-state index contributed by atoms with van der Waals surface area (Å²) >= 11 is 0. The minimum absolute atomic E-state index is 0.0173. The molecule has 1 heterocycles. The van der Waals surface area contributed by atoms with Gasteiger partial charge in [-0.05, 0) is 29.8 Å². The number of rotatable bonds is 7. The van der Waals surface area contributed by atoms with E-state index in [4.69, 9.17) is 14.7 Å². The summed E-state index contributed by atoms with van der Waals surface area (Å²) in [6.45, 7) is -0.454. The molecule has 0 spiro atoms. The Morgan fingerprint density at radius 3 is 2.41 bits per heavy atom. The summed E-state index contributed by atoms with van der Waals surface area (Å²) in [4.78, 5) is 18.1. The molecule has 0 unspecified atom stereocenters. The molecule has 3 rings (SSSR count). The first kappa shape index (κ1) is 19.2. The fourth-order valence-electron chi connectivity index (χ4n) is 3.39. The maximum Gasteiger partial charge on any atom is 0.311 e. The fourth-order valence-corrected chi connectivity index (χ4v) is 3.39. The van der Waals surface area contributed by atoms with Gasteiger partial charge in [0.05, 0.1) is 31.5 Å². The number of methoxy groups -OCH3 is 1. The van der Waals surface area contributed by atoms with E-state index in [0.29, 0.717) is 11.4 Å². The molecule has 1 aliphatic rings. The monoisotopic (exact) mass is 373 g/mol. The van der Waals surface area contributed by atoms with Crippen LogP contribution in [0, 0.1) is 5.92 Å². The Kier molecular flexibility index (Phi) is 5.95. The Labute approximate surface area is 157 Å². The minimum atomic E-state index is -1.05. The molecule has 2 aromatic carbocycles.